The van der Waals surface area contributed by atoms with E-state index < -0.39 is 0 Å². The van der Waals surface area contributed by atoms with Crippen molar-refractivity contribution in [2.24, 2.45) is 0 Å². The zero-order valence-corrected chi connectivity index (χ0v) is 10.6. The highest BCUT2D eigenvalue weighted by Crippen LogP contribution is 2.30. The van der Waals surface area contributed by atoms with Crippen LogP contribution < -0.4 is 10.1 Å². The van der Waals surface area contributed by atoms with Crippen LogP contribution in [0.15, 0.2) is 42.5 Å². The highest BCUT2D eigenvalue weighted by molar-refractivity contribution is 5.57. The number of anilines is 1. The number of para-hydroxylation sites is 1. The number of benzene rings is 2. The van der Waals surface area contributed by atoms with Crippen LogP contribution in [0.1, 0.15) is 17.5 Å². The number of fused-ring (bicyclic) bond motifs is 1. The zero-order valence-electron chi connectivity index (χ0n) is 10.6. The number of hydrogen-bond donors (Lipinski definition) is 1. The SMILES string of the molecule is Cc1ccccc1Oc1ccc2c(c1)NCCC2. The number of aryl methyl sites for hydroxylation is 2. The quantitative estimate of drug-likeness (QED) is 0.850. The molecule has 1 N–H and O–H groups in total. The molecule has 0 saturated carbocycles. The molecule has 1 aliphatic rings. The summed E-state index contributed by atoms with van der Waals surface area (Å²) in [4.78, 5) is 0. The molecule has 18 heavy (non-hydrogen) atoms. The van der Waals surface area contributed by atoms with Crippen LogP contribution in [0.2, 0.25) is 0 Å². The van der Waals surface area contributed by atoms with Gasteiger partial charge in [-0.25, -0.2) is 0 Å². The molecule has 0 aliphatic carbocycles. The third kappa shape index (κ3) is 2.19. The van der Waals surface area contributed by atoms with Crippen LogP contribution in [-0.2, 0) is 6.42 Å². The van der Waals surface area contributed by atoms with Gasteiger partial charge in [0.1, 0.15) is 11.5 Å². The Balaban J connectivity index is 1.87. The van der Waals surface area contributed by atoms with Crippen molar-refractivity contribution in [3.8, 4) is 11.5 Å². The largest absolute Gasteiger partial charge is 0.457 e. The summed E-state index contributed by atoms with van der Waals surface area (Å²) in [6.45, 7) is 3.12. The molecule has 0 unspecified atom stereocenters. The number of ether oxygens (including phenoxy) is 1. The molecule has 0 radical (unpaired) electrons. The molecule has 2 aromatic carbocycles. The molecule has 2 aromatic rings. The van der Waals surface area contributed by atoms with E-state index >= 15 is 0 Å². The van der Waals surface area contributed by atoms with Crippen molar-refractivity contribution < 1.29 is 4.74 Å². The zero-order chi connectivity index (χ0) is 12.4. The van der Waals surface area contributed by atoms with Gasteiger partial charge in [-0.3, -0.25) is 0 Å². The van der Waals surface area contributed by atoms with Gasteiger partial charge in [-0.1, -0.05) is 24.3 Å². The fraction of sp³-hybridized carbons (Fsp3) is 0.250. The second-order valence-corrected chi connectivity index (χ2v) is 4.72. The predicted octanol–water partition coefficient (Wildman–Crippen LogP) is 4.15. The van der Waals surface area contributed by atoms with E-state index in [-0.39, 0.29) is 0 Å². The first-order chi connectivity index (χ1) is 8.83. The van der Waals surface area contributed by atoms with Crippen LogP contribution in [0.5, 0.6) is 11.5 Å². The maximum atomic E-state index is 5.94. The van der Waals surface area contributed by atoms with Crippen molar-refractivity contribution in [2.45, 2.75) is 19.8 Å². The Hall–Kier alpha value is -1.96. The second-order valence-electron chi connectivity index (χ2n) is 4.72. The monoisotopic (exact) mass is 239 g/mol. The van der Waals surface area contributed by atoms with Gasteiger partial charge in [-0.15, -0.1) is 0 Å². The standard InChI is InChI=1S/C16H17NO/c1-12-5-2-3-7-16(12)18-14-9-8-13-6-4-10-17-15(13)11-14/h2-3,5,7-9,11,17H,4,6,10H2,1H3. The van der Waals surface area contributed by atoms with Crippen LogP contribution in [0.25, 0.3) is 0 Å². The van der Waals surface area contributed by atoms with E-state index in [1.165, 1.54) is 17.7 Å². The van der Waals surface area contributed by atoms with E-state index in [0.29, 0.717) is 0 Å². The van der Waals surface area contributed by atoms with Gasteiger partial charge >= 0.3 is 0 Å². The molecule has 2 nitrogen and oxygen atoms in total. The molecule has 1 aliphatic heterocycles. The summed E-state index contributed by atoms with van der Waals surface area (Å²) in [5, 5.41) is 3.42. The van der Waals surface area contributed by atoms with Gasteiger partial charge in [0.2, 0.25) is 0 Å². The average Bonchev–Trinajstić information content (AvgIpc) is 2.41. The summed E-state index contributed by atoms with van der Waals surface area (Å²) in [6.07, 6.45) is 2.37. The molecule has 0 aromatic heterocycles. The van der Waals surface area contributed by atoms with Crippen molar-refractivity contribution >= 4 is 5.69 Å². The summed E-state index contributed by atoms with van der Waals surface area (Å²) in [5.74, 6) is 1.82. The maximum absolute atomic E-state index is 5.94. The Labute approximate surface area is 108 Å². The van der Waals surface area contributed by atoms with Gasteiger partial charge in [-0.2, -0.15) is 0 Å². The lowest BCUT2D eigenvalue weighted by Crippen LogP contribution is -2.11. The predicted molar refractivity (Wildman–Crippen MR) is 74.5 cm³/mol. The lowest BCUT2D eigenvalue weighted by Gasteiger charge is -2.19. The smallest absolute Gasteiger partial charge is 0.130 e. The molecule has 3 rings (SSSR count). The first kappa shape index (κ1) is 11.1. The summed E-state index contributed by atoms with van der Waals surface area (Å²) < 4.78 is 5.94. The molecule has 0 fully saturated rings. The lowest BCUT2D eigenvalue weighted by molar-refractivity contribution is 0.479. The Morgan fingerprint density at radius 1 is 1.11 bits per heavy atom. The van der Waals surface area contributed by atoms with Gasteiger partial charge in [0.05, 0.1) is 0 Å². The van der Waals surface area contributed by atoms with Crippen LogP contribution in [0.4, 0.5) is 5.69 Å². The normalized spacial score (nSPS) is 13.6. The molecule has 0 spiro atoms. The molecular weight excluding hydrogens is 222 g/mol. The maximum Gasteiger partial charge on any atom is 0.130 e. The van der Waals surface area contributed by atoms with Crippen molar-refractivity contribution in [2.75, 3.05) is 11.9 Å². The van der Waals surface area contributed by atoms with Crippen molar-refractivity contribution in [3.63, 3.8) is 0 Å². The summed E-state index contributed by atoms with van der Waals surface area (Å²) in [5.41, 5.74) is 3.76. The molecule has 1 heterocycles. The molecule has 0 amide bonds. The Kier molecular flexibility index (Phi) is 2.93. The van der Waals surface area contributed by atoms with Crippen LogP contribution in [-0.4, -0.2) is 6.54 Å². The first-order valence-electron chi connectivity index (χ1n) is 6.43. The number of nitrogens with one attached hydrogen (secondary N) is 1. The summed E-state index contributed by atoms with van der Waals surface area (Å²) in [7, 11) is 0. The molecule has 0 saturated heterocycles. The summed E-state index contributed by atoms with van der Waals surface area (Å²) >= 11 is 0. The highest BCUT2D eigenvalue weighted by Gasteiger charge is 2.09. The van der Waals surface area contributed by atoms with E-state index in [1.54, 1.807) is 0 Å². The van der Waals surface area contributed by atoms with Gasteiger partial charge in [-0.05, 0) is 43.0 Å². The van der Waals surface area contributed by atoms with Crippen LogP contribution in [0, 0.1) is 6.92 Å². The average molecular weight is 239 g/mol. The fourth-order valence-corrected chi connectivity index (χ4v) is 2.30. The fourth-order valence-electron chi connectivity index (χ4n) is 2.30. The lowest BCUT2D eigenvalue weighted by atomic mass is 10.0. The van der Waals surface area contributed by atoms with E-state index in [1.807, 2.05) is 18.2 Å². The van der Waals surface area contributed by atoms with Crippen LogP contribution >= 0.6 is 0 Å². The minimum atomic E-state index is 0.900. The van der Waals surface area contributed by atoms with E-state index in [4.69, 9.17) is 4.74 Å². The highest BCUT2D eigenvalue weighted by atomic mass is 16.5. The number of rotatable bonds is 2. The molecular formula is C16H17NO. The van der Waals surface area contributed by atoms with E-state index in [9.17, 15) is 0 Å². The first-order valence-corrected chi connectivity index (χ1v) is 6.43. The molecule has 0 atom stereocenters. The summed E-state index contributed by atoms with van der Waals surface area (Å²) in [6, 6.07) is 14.4. The van der Waals surface area contributed by atoms with Gasteiger partial charge in [0, 0.05) is 18.3 Å². The van der Waals surface area contributed by atoms with Gasteiger partial charge < -0.3 is 10.1 Å². The molecule has 2 heteroatoms. The van der Waals surface area contributed by atoms with Crippen molar-refractivity contribution in [1.82, 2.24) is 0 Å². The third-order valence-corrected chi connectivity index (χ3v) is 3.34. The van der Waals surface area contributed by atoms with Crippen molar-refractivity contribution in [1.29, 1.82) is 0 Å². The Morgan fingerprint density at radius 3 is 2.89 bits per heavy atom. The topological polar surface area (TPSA) is 21.3 Å². The second kappa shape index (κ2) is 4.73. The third-order valence-electron chi connectivity index (χ3n) is 3.34. The molecule has 0 bridgehead atoms. The van der Waals surface area contributed by atoms with Gasteiger partial charge in [0.15, 0.2) is 0 Å². The van der Waals surface area contributed by atoms with Crippen LogP contribution in [0.3, 0.4) is 0 Å². The minimum absolute atomic E-state index is 0.900. The minimum Gasteiger partial charge on any atom is -0.457 e. The number of hydrogen-bond acceptors (Lipinski definition) is 2. The molecule has 92 valence electrons. The van der Waals surface area contributed by atoms with E-state index in [2.05, 4.69) is 36.5 Å². The van der Waals surface area contributed by atoms with E-state index in [0.717, 1.165) is 30.0 Å². The Bertz CT molecular complexity index is 563. The van der Waals surface area contributed by atoms with Crippen molar-refractivity contribution in [3.05, 3.63) is 53.6 Å². The Morgan fingerprint density at radius 2 is 2.00 bits per heavy atom. The van der Waals surface area contributed by atoms with Gasteiger partial charge in [0.25, 0.3) is 0 Å².